The van der Waals surface area contributed by atoms with E-state index in [1.807, 2.05) is 36.7 Å². The van der Waals surface area contributed by atoms with Crippen LogP contribution in [0.4, 0.5) is 0 Å². The molecule has 0 bridgehead atoms. The molecule has 3 aromatic rings. The number of nitrogens with one attached hydrogen (secondary N) is 1. The van der Waals surface area contributed by atoms with E-state index in [2.05, 4.69) is 57.7 Å². The first-order chi connectivity index (χ1) is 14.5. The largest absolute Gasteiger partial charge is 0.396 e. The Morgan fingerprint density at radius 1 is 1.10 bits per heavy atom. The minimum absolute atomic E-state index is 0.0112. The molecule has 7 heteroatoms. The highest BCUT2D eigenvalue weighted by atomic mass is 32.1. The first-order valence-electron chi connectivity index (χ1n) is 10.2. The van der Waals surface area contributed by atoms with E-state index >= 15 is 0 Å². The summed E-state index contributed by atoms with van der Waals surface area (Å²) >= 11 is 5.69. The summed E-state index contributed by atoms with van der Waals surface area (Å²) in [6, 6.07) is 12.2. The first-order valence-corrected chi connectivity index (χ1v) is 10.6. The van der Waals surface area contributed by atoms with Crippen molar-refractivity contribution >= 4 is 17.3 Å². The standard InChI is InChI=1S/C23H27N5OS/c1-15-8-6-11-25-22(15)28-16(2)14-18(17(28)3)21-20(19-9-4-5-10-24-19)26-23(30)27(21)12-7-13-29/h4-6,8-11,14,20-21,29H,7,12-13H2,1-3H3,(H,26,30). The molecule has 0 spiro atoms. The highest BCUT2D eigenvalue weighted by Crippen LogP contribution is 2.41. The van der Waals surface area contributed by atoms with Crippen LogP contribution in [0.3, 0.4) is 0 Å². The number of pyridine rings is 2. The molecule has 4 rings (SSSR count). The van der Waals surface area contributed by atoms with Gasteiger partial charge in [-0.3, -0.25) is 4.98 Å². The van der Waals surface area contributed by atoms with Crippen LogP contribution >= 0.6 is 12.2 Å². The molecule has 0 amide bonds. The predicted octanol–water partition coefficient (Wildman–Crippen LogP) is 3.55. The van der Waals surface area contributed by atoms with Crippen LogP contribution in [0.2, 0.25) is 0 Å². The number of aliphatic hydroxyl groups is 1. The van der Waals surface area contributed by atoms with Gasteiger partial charge in [0, 0.05) is 36.9 Å². The van der Waals surface area contributed by atoms with Crippen molar-refractivity contribution in [1.82, 2.24) is 24.8 Å². The zero-order chi connectivity index (χ0) is 21.3. The van der Waals surface area contributed by atoms with E-state index in [4.69, 9.17) is 12.2 Å². The van der Waals surface area contributed by atoms with Crippen LogP contribution < -0.4 is 5.32 Å². The van der Waals surface area contributed by atoms with Gasteiger partial charge in [0.2, 0.25) is 0 Å². The molecule has 4 heterocycles. The second-order valence-electron chi connectivity index (χ2n) is 7.70. The lowest BCUT2D eigenvalue weighted by Crippen LogP contribution is -2.31. The van der Waals surface area contributed by atoms with E-state index in [0.717, 1.165) is 28.5 Å². The van der Waals surface area contributed by atoms with Gasteiger partial charge in [-0.1, -0.05) is 12.1 Å². The topological polar surface area (TPSA) is 66.2 Å². The second kappa shape index (κ2) is 8.53. The third-order valence-electron chi connectivity index (χ3n) is 5.74. The van der Waals surface area contributed by atoms with Crippen molar-refractivity contribution in [2.75, 3.05) is 13.2 Å². The fraction of sp³-hybridized carbons (Fsp3) is 0.348. The van der Waals surface area contributed by atoms with Gasteiger partial charge in [0.05, 0.1) is 17.8 Å². The van der Waals surface area contributed by atoms with Gasteiger partial charge in [0.25, 0.3) is 0 Å². The minimum atomic E-state index is -0.0591. The number of aryl methyl sites for hydroxylation is 2. The molecule has 30 heavy (non-hydrogen) atoms. The van der Waals surface area contributed by atoms with Gasteiger partial charge in [-0.25, -0.2) is 4.98 Å². The summed E-state index contributed by atoms with van der Waals surface area (Å²) < 4.78 is 2.21. The quantitative estimate of drug-likeness (QED) is 0.594. The van der Waals surface area contributed by atoms with Crippen molar-refractivity contribution < 1.29 is 5.11 Å². The highest BCUT2D eigenvalue weighted by molar-refractivity contribution is 7.80. The van der Waals surface area contributed by atoms with E-state index in [0.29, 0.717) is 18.1 Å². The normalized spacial score (nSPS) is 18.7. The zero-order valence-electron chi connectivity index (χ0n) is 17.5. The van der Waals surface area contributed by atoms with E-state index in [9.17, 15) is 5.11 Å². The molecule has 0 saturated carbocycles. The van der Waals surface area contributed by atoms with Gasteiger partial charge < -0.3 is 19.9 Å². The van der Waals surface area contributed by atoms with E-state index in [1.54, 1.807) is 0 Å². The maximum Gasteiger partial charge on any atom is 0.170 e. The molecule has 1 fully saturated rings. The highest BCUT2D eigenvalue weighted by Gasteiger charge is 2.41. The summed E-state index contributed by atoms with van der Waals surface area (Å²) in [6.45, 7) is 7.14. The Labute approximate surface area is 182 Å². The number of hydrogen-bond donors (Lipinski definition) is 2. The maximum atomic E-state index is 9.42. The molecule has 6 nitrogen and oxygen atoms in total. The Balaban J connectivity index is 1.83. The fourth-order valence-electron chi connectivity index (χ4n) is 4.35. The van der Waals surface area contributed by atoms with Crippen LogP contribution in [0.25, 0.3) is 5.82 Å². The number of nitrogens with zero attached hydrogens (tertiary/aromatic N) is 4. The summed E-state index contributed by atoms with van der Waals surface area (Å²) in [6.07, 6.45) is 4.30. The van der Waals surface area contributed by atoms with Gasteiger partial charge in [-0.2, -0.15) is 0 Å². The van der Waals surface area contributed by atoms with Gasteiger partial charge in [0.15, 0.2) is 5.11 Å². The molecular weight excluding hydrogens is 394 g/mol. The van der Waals surface area contributed by atoms with Crippen LogP contribution in [0.1, 0.15) is 46.7 Å². The Kier molecular flexibility index (Phi) is 5.83. The Morgan fingerprint density at radius 2 is 1.90 bits per heavy atom. The van der Waals surface area contributed by atoms with Gasteiger partial charge in [-0.05, 0) is 74.8 Å². The molecule has 1 aliphatic heterocycles. The average molecular weight is 422 g/mol. The SMILES string of the molecule is Cc1cccnc1-n1c(C)cc(C2C(c3ccccn3)NC(=S)N2CCCO)c1C. The second-order valence-corrected chi connectivity index (χ2v) is 8.09. The van der Waals surface area contributed by atoms with Gasteiger partial charge in [0.1, 0.15) is 5.82 Å². The van der Waals surface area contributed by atoms with E-state index in [1.165, 1.54) is 5.56 Å². The monoisotopic (exact) mass is 421 g/mol. The van der Waals surface area contributed by atoms with Crippen LogP contribution in [-0.4, -0.2) is 42.8 Å². The number of thiocarbonyl (C=S) groups is 1. The Morgan fingerprint density at radius 3 is 2.60 bits per heavy atom. The molecule has 0 aromatic carbocycles. The van der Waals surface area contributed by atoms with Crippen LogP contribution in [0, 0.1) is 20.8 Å². The van der Waals surface area contributed by atoms with Crippen molar-refractivity contribution in [3.63, 3.8) is 0 Å². The average Bonchev–Trinajstić information content (AvgIpc) is 3.23. The van der Waals surface area contributed by atoms with E-state index in [-0.39, 0.29) is 18.7 Å². The molecule has 0 radical (unpaired) electrons. The maximum absolute atomic E-state index is 9.42. The van der Waals surface area contributed by atoms with Gasteiger partial charge >= 0.3 is 0 Å². The lowest BCUT2D eigenvalue weighted by molar-refractivity contribution is 0.247. The molecule has 3 aromatic heterocycles. The molecule has 1 aliphatic rings. The van der Waals surface area contributed by atoms with Crippen molar-refractivity contribution in [3.05, 3.63) is 77.0 Å². The Bertz CT molecular complexity index is 1050. The first kappa shape index (κ1) is 20.5. The molecule has 1 saturated heterocycles. The third kappa shape index (κ3) is 3.59. The third-order valence-corrected chi connectivity index (χ3v) is 6.09. The lowest BCUT2D eigenvalue weighted by Gasteiger charge is -2.28. The number of hydrogen-bond acceptors (Lipinski definition) is 4. The van der Waals surface area contributed by atoms with Crippen molar-refractivity contribution in [2.24, 2.45) is 0 Å². The molecule has 2 N–H and O–H groups in total. The zero-order valence-corrected chi connectivity index (χ0v) is 18.4. The lowest BCUT2D eigenvalue weighted by atomic mass is 9.96. The molecule has 0 aliphatic carbocycles. The molecule has 2 atom stereocenters. The van der Waals surface area contributed by atoms with Crippen LogP contribution in [0.15, 0.2) is 48.8 Å². The van der Waals surface area contributed by atoms with Crippen molar-refractivity contribution in [3.8, 4) is 5.82 Å². The minimum Gasteiger partial charge on any atom is -0.396 e. The summed E-state index contributed by atoms with van der Waals surface area (Å²) in [5, 5.41) is 13.6. The molecule has 2 unspecified atom stereocenters. The van der Waals surface area contributed by atoms with Crippen molar-refractivity contribution in [2.45, 2.75) is 39.3 Å². The summed E-state index contributed by atoms with van der Waals surface area (Å²) in [5.41, 5.74) is 5.54. The predicted molar refractivity (Wildman–Crippen MR) is 122 cm³/mol. The fourth-order valence-corrected chi connectivity index (χ4v) is 4.68. The smallest absolute Gasteiger partial charge is 0.170 e. The van der Waals surface area contributed by atoms with Crippen LogP contribution in [0.5, 0.6) is 0 Å². The van der Waals surface area contributed by atoms with E-state index < -0.39 is 0 Å². The van der Waals surface area contributed by atoms with Crippen LogP contribution in [-0.2, 0) is 0 Å². The number of aliphatic hydroxyl groups excluding tert-OH is 1. The Hall–Kier alpha value is -2.77. The van der Waals surface area contributed by atoms with Crippen molar-refractivity contribution in [1.29, 1.82) is 0 Å². The summed E-state index contributed by atoms with van der Waals surface area (Å²) in [7, 11) is 0. The summed E-state index contributed by atoms with van der Waals surface area (Å²) in [5.74, 6) is 0.948. The molecule has 156 valence electrons. The number of rotatable bonds is 6. The number of aromatic nitrogens is 3. The summed E-state index contributed by atoms with van der Waals surface area (Å²) in [4.78, 5) is 11.4. The molecular formula is C23H27N5OS. The van der Waals surface area contributed by atoms with Gasteiger partial charge in [-0.15, -0.1) is 0 Å².